The molecule has 106 valence electrons. The van der Waals surface area contributed by atoms with Crippen molar-refractivity contribution in [3.05, 3.63) is 45.4 Å². The summed E-state index contributed by atoms with van der Waals surface area (Å²) < 4.78 is 2.56. The first-order valence-electron chi connectivity index (χ1n) is 6.32. The highest BCUT2D eigenvalue weighted by Gasteiger charge is 2.14. The molecule has 0 radical (unpaired) electrons. The predicted molar refractivity (Wildman–Crippen MR) is 82.0 cm³/mol. The molecule has 2 rings (SSSR count). The molecule has 0 amide bonds. The Morgan fingerprint density at radius 3 is 2.85 bits per heavy atom. The van der Waals surface area contributed by atoms with Crippen LogP contribution < -0.4 is 0 Å². The second-order valence-corrected chi connectivity index (χ2v) is 6.24. The molecule has 0 fully saturated rings. The minimum Gasteiger partial charge on any atom is -0.294 e. The molecule has 0 saturated heterocycles. The summed E-state index contributed by atoms with van der Waals surface area (Å²) in [7, 11) is 0. The van der Waals surface area contributed by atoms with Crippen LogP contribution >= 0.6 is 27.5 Å². The van der Waals surface area contributed by atoms with Crippen LogP contribution in [0, 0.1) is 5.92 Å². The molecule has 6 heteroatoms. The van der Waals surface area contributed by atoms with Crippen molar-refractivity contribution in [1.29, 1.82) is 0 Å². The van der Waals surface area contributed by atoms with Gasteiger partial charge >= 0.3 is 0 Å². The average molecular weight is 357 g/mol. The first-order chi connectivity index (χ1) is 9.47. The zero-order valence-corrected chi connectivity index (χ0v) is 13.6. The predicted octanol–water partition coefficient (Wildman–Crippen LogP) is 3.78. The first kappa shape index (κ1) is 15.2. The fourth-order valence-electron chi connectivity index (χ4n) is 1.84. The highest BCUT2D eigenvalue weighted by molar-refractivity contribution is 9.10. The SMILES string of the molecule is CC(C)Cn1ncnc1CC(=O)c1ccc(Br)c(Cl)c1. The quantitative estimate of drug-likeness (QED) is 0.766. The van der Waals surface area contributed by atoms with Gasteiger partial charge in [-0.15, -0.1) is 0 Å². The summed E-state index contributed by atoms with van der Waals surface area (Å²) >= 11 is 9.32. The van der Waals surface area contributed by atoms with Crippen molar-refractivity contribution >= 4 is 33.3 Å². The zero-order valence-electron chi connectivity index (χ0n) is 11.3. The van der Waals surface area contributed by atoms with Crippen LogP contribution in [0.15, 0.2) is 29.0 Å². The number of hydrogen-bond acceptors (Lipinski definition) is 3. The number of halogens is 2. The maximum absolute atomic E-state index is 12.3. The molecular formula is C14H15BrClN3O. The average Bonchev–Trinajstić information content (AvgIpc) is 2.79. The Morgan fingerprint density at radius 2 is 2.20 bits per heavy atom. The summed E-state index contributed by atoms with van der Waals surface area (Å²) in [4.78, 5) is 16.4. The van der Waals surface area contributed by atoms with Crippen molar-refractivity contribution in [2.75, 3.05) is 0 Å². The second kappa shape index (κ2) is 6.50. The van der Waals surface area contributed by atoms with E-state index in [1.807, 2.05) is 0 Å². The van der Waals surface area contributed by atoms with Crippen LogP contribution in [0.5, 0.6) is 0 Å². The van der Waals surface area contributed by atoms with Crippen LogP contribution in [0.2, 0.25) is 5.02 Å². The smallest absolute Gasteiger partial charge is 0.170 e. The molecule has 0 bridgehead atoms. The number of carbonyl (C=O) groups excluding carboxylic acids is 1. The van der Waals surface area contributed by atoms with Crippen LogP contribution in [0.25, 0.3) is 0 Å². The van der Waals surface area contributed by atoms with Crippen LogP contribution in [0.3, 0.4) is 0 Å². The Bertz CT molecular complexity index is 625. The Balaban J connectivity index is 2.15. The normalized spacial score (nSPS) is 11.1. The molecule has 0 aliphatic rings. The number of carbonyl (C=O) groups is 1. The Morgan fingerprint density at radius 1 is 1.45 bits per heavy atom. The molecule has 0 spiro atoms. The van der Waals surface area contributed by atoms with E-state index < -0.39 is 0 Å². The third-order valence-corrected chi connectivity index (χ3v) is 4.03. The number of Topliss-reactive ketones (excluding diaryl/α,β-unsaturated/α-hetero) is 1. The van der Waals surface area contributed by atoms with Crippen molar-refractivity contribution in [1.82, 2.24) is 14.8 Å². The Hall–Kier alpha value is -1.20. The first-order valence-corrected chi connectivity index (χ1v) is 7.49. The van der Waals surface area contributed by atoms with E-state index in [0.29, 0.717) is 22.3 Å². The monoisotopic (exact) mass is 355 g/mol. The van der Waals surface area contributed by atoms with Gasteiger partial charge in [0.05, 0.1) is 11.4 Å². The summed E-state index contributed by atoms with van der Waals surface area (Å²) in [5.74, 6) is 1.12. The molecule has 1 aromatic heterocycles. The van der Waals surface area contributed by atoms with Crippen LogP contribution in [-0.4, -0.2) is 20.5 Å². The number of nitrogens with zero attached hydrogens (tertiary/aromatic N) is 3. The number of hydrogen-bond donors (Lipinski definition) is 0. The van der Waals surface area contributed by atoms with Gasteiger partial charge in [0.2, 0.25) is 0 Å². The third kappa shape index (κ3) is 3.67. The second-order valence-electron chi connectivity index (χ2n) is 4.98. The van der Waals surface area contributed by atoms with Gasteiger partial charge in [0, 0.05) is 16.6 Å². The summed E-state index contributed by atoms with van der Waals surface area (Å²) in [6, 6.07) is 5.19. The lowest BCUT2D eigenvalue weighted by atomic mass is 10.1. The topological polar surface area (TPSA) is 47.8 Å². The number of ketones is 1. The third-order valence-electron chi connectivity index (χ3n) is 2.79. The van der Waals surface area contributed by atoms with E-state index in [-0.39, 0.29) is 12.2 Å². The molecule has 1 aromatic carbocycles. The Labute approximate surface area is 131 Å². The molecule has 0 unspecified atom stereocenters. The lowest BCUT2D eigenvalue weighted by Crippen LogP contribution is -2.14. The van der Waals surface area contributed by atoms with E-state index in [1.54, 1.807) is 22.9 Å². The molecule has 2 aromatic rings. The van der Waals surface area contributed by atoms with Gasteiger partial charge in [0.1, 0.15) is 12.2 Å². The molecule has 4 nitrogen and oxygen atoms in total. The van der Waals surface area contributed by atoms with Crippen molar-refractivity contribution in [2.45, 2.75) is 26.8 Å². The largest absolute Gasteiger partial charge is 0.294 e. The van der Waals surface area contributed by atoms with E-state index in [2.05, 4.69) is 39.9 Å². The van der Waals surface area contributed by atoms with Gasteiger partial charge in [-0.1, -0.05) is 31.5 Å². The van der Waals surface area contributed by atoms with Crippen molar-refractivity contribution in [3.63, 3.8) is 0 Å². The van der Waals surface area contributed by atoms with Gasteiger partial charge in [0.15, 0.2) is 5.78 Å². The summed E-state index contributed by atoms with van der Waals surface area (Å²) in [6.45, 7) is 4.95. The van der Waals surface area contributed by atoms with Crippen molar-refractivity contribution < 1.29 is 4.79 Å². The molecule has 0 aliphatic carbocycles. The fourth-order valence-corrected chi connectivity index (χ4v) is 2.27. The fraction of sp³-hybridized carbons (Fsp3) is 0.357. The van der Waals surface area contributed by atoms with Crippen LogP contribution in [0.4, 0.5) is 0 Å². The number of benzene rings is 1. The molecule has 1 heterocycles. The standard InChI is InChI=1S/C14H15BrClN3O/c1-9(2)7-19-14(17-8-18-19)6-13(20)10-3-4-11(15)12(16)5-10/h3-5,8-9H,6-7H2,1-2H3. The van der Waals surface area contributed by atoms with Gasteiger partial charge in [0.25, 0.3) is 0 Å². The summed E-state index contributed by atoms with van der Waals surface area (Å²) in [6.07, 6.45) is 1.71. The van der Waals surface area contributed by atoms with E-state index in [0.717, 1.165) is 11.0 Å². The van der Waals surface area contributed by atoms with Gasteiger partial charge in [-0.3, -0.25) is 4.79 Å². The minimum absolute atomic E-state index is 0.0163. The molecule has 0 N–H and O–H groups in total. The zero-order chi connectivity index (χ0) is 14.7. The van der Waals surface area contributed by atoms with Gasteiger partial charge in [-0.05, 0) is 34.0 Å². The number of aromatic nitrogens is 3. The summed E-state index contributed by atoms with van der Waals surface area (Å²) in [5.41, 5.74) is 0.581. The van der Waals surface area contributed by atoms with E-state index in [1.165, 1.54) is 6.33 Å². The lowest BCUT2D eigenvalue weighted by molar-refractivity contribution is 0.0989. The highest BCUT2D eigenvalue weighted by atomic mass is 79.9. The van der Waals surface area contributed by atoms with E-state index in [4.69, 9.17) is 11.6 Å². The lowest BCUT2D eigenvalue weighted by Gasteiger charge is -2.08. The molecular weight excluding hydrogens is 342 g/mol. The van der Waals surface area contributed by atoms with Gasteiger partial charge in [-0.2, -0.15) is 5.10 Å². The molecule has 0 atom stereocenters. The minimum atomic E-state index is -0.0163. The van der Waals surface area contributed by atoms with E-state index in [9.17, 15) is 4.79 Å². The molecule has 0 aliphatic heterocycles. The molecule has 0 saturated carbocycles. The highest BCUT2D eigenvalue weighted by Crippen LogP contribution is 2.23. The van der Waals surface area contributed by atoms with Crippen molar-refractivity contribution in [3.8, 4) is 0 Å². The maximum atomic E-state index is 12.3. The maximum Gasteiger partial charge on any atom is 0.170 e. The van der Waals surface area contributed by atoms with E-state index >= 15 is 0 Å². The summed E-state index contributed by atoms with van der Waals surface area (Å²) in [5, 5.41) is 4.68. The van der Waals surface area contributed by atoms with Gasteiger partial charge < -0.3 is 0 Å². The van der Waals surface area contributed by atoms with Crippen LogP contribution in [0.1, 0.15) is 30.0 Å². The Kier molecular flexibility index (Phi) is 4.94. The number of rotatable bonds is 5. The van der Waals surface area contributed by atoms with Crippen LogP contribution in [-0.2, 0) is 13.0 Å². The van der Waals surface area contributed by atoms with Crippen molar-refractivity contribution in [2.24, 2.45) is 5.92 Å². The van der Waals surface area contributed by atoms with Gasteiger partial charge in [-0.25, -0.2) is 9.67 Å². The molecule has 20 heavy (non-hydrogen) atoms.